The van der Waals surface area contributed by atoms with Gasteiger partial charge in [-0.2, -0.15) is 0 Å². The first kappa shape index (κ1) is 14.0. The van der Waals surface area contributed by atoms with E-state index >= 15 is 0 Å². The first-order chi connectivity index (χ1) is 9.49. The van der Waals surface area contributed by atoms with E-state index in [0.29, 0.717) is 0 Å². The number of pyridine rings is 1. The van der Waals surface area contributed by atoms with Gasteiger partial charge in [-0.05, 0) is 26.0 Å². The lowest BCUT2D eigenvalue weighted by Crippen LogP contribution is -2.41. The van der Waals surface area contributed by atoms with Crippen molar-refractivity contribution in [3.8, 4) is 0 Å². The monoisotopic (exact) mass is 272 g/mol. The summed E-state index contributed by atoms with van der Waals surface area (Å²) in [5, 5.41) is 9.83. The van der Waals surface area contributed by atoms with Crippen LogP contribution in [0.25, 0.3) is 10.9 Å². The van der Waals surface area contributed by atoms with Gasteiger partial charge in [-0.3, -0.25) is 9.59 Å². The zero-order valence-electron chi connectivity index (χ0n) is 11.4. The van der Waals surface area contributed by atoms with Crippen LogP contribution in [0.5, 0.6) is 0 Å². The van der Waals surface area contributed by atoms with Crippen LogP contribution in [0.4, 0.5) is 0 Å². The molecule has 5 heteroatoms. The lowest BCUT2D eigenvalue weighted by molar-refractivity contribution is -0.138. The molecular formula is C15H16N2O3. The number of carboxylic acids is 1. The van der Waals surface area contributed by atoms with Gasteiger partial charge in [-0.1, -0.05) is 24.3 Å². The number of para-hydroxylation sites is 1. The third kappa shape index (κ3) is 2.93. The second kappa shape index (κ2) is 5.69. The van der Waals surface area contributed by atoms with Gasteiger partial charge in [0, 0.05) is 11.4 Å². The molecule has 1 aromatic carbocycles. The maximum atomic E-state index is 12.4. The van der Waals surface area contributed by atoms with E-state index in [4.69, 9.17) is 5.11 Å². The Hall–Kier alpha value is -2.43. The van der Waals surface area contributed by atoms with Crippen LogP contribution in [0.2, 0.25) is 0 Å². The van der Waals surface area contributed by atoms with E-state index in [1.54, 1.807) is 19.9 Å². The van der Waals surface area contributed by atoms with Crippen molar-refractivity contribution in [2.75, 3.05) is 6.54 Å². The summed E-state index contributed by atoms with van der Waals surface area (Å²) in [7, 11) is 0. The number of amides is 1. The number of carboxylic acid groups (broad SMARTS) is 1. The summed E-state index contributed by atoms with van der Waals surface area (Å²) in [5.41, 5.74) is 0.982. The minimum Gasteiger partial charge on any atom is -0.480 e. The fourth-order valence-electron chi connectivity index (χ4n) is 1.97. The van der Waals surface area contributed by atoms with Crippen LogP contribution >= 0.6 is 0 Å². The Kier molecular flexibility index (Phi) is 3.98. The Morgan fingerprint density at radius 1 is 1.20 bits per heavy atom. The predicted molar refractivity (Wildman–Crippen MR) is 75.6 cm³/mol. The van der Waals surface area contributed by atoms with Gasteiger partial charge >= 0.3 is 5.97 Å². The molecule has 0 aliphatic rings. The molecule has 20 heavy (non-hydrogen) atoms. The van der Waals surface area contributed by atoms with Gasteiger partial charge < -0.3 is 10.0 Å². The lowest BCUT2D eigenvalue weighted by atomic mass is 10.2. The largest absolute Gasteiger partial charge is 0.480 e. The molecule has 0 saturated carbocycles. The van der Waals surface area contributed by atoms with Gasteiger partial charge in [0.15, 0.2) is 0 Å². The number of hydrogen-bond acceptors (Lipinski definition) is 3. The number of fused-ring (bicyclic) bond motifs is 1. The second-order valence-electron chi connectivity index (χ2n) is 4.81. The summed E-state index contributed by atoms with van der Waals surface area (Å²) in [6.45, 7) is 3.23. The number of aromatic nitrogens is 1. The standard InChI is InChI=1S/C15H16N2O3/c1-10(2)17(9-14(18)19)15(20)13-8-7-11-5-3-4-6-12(11)16-13/h3-8,10H,9H2,1-2H3,(H,18,19). The molecule has 1 amide bonds. The minimum atomic E-state index is -1.03. The predicted octanol–water partition coefficient (Wildman–Crippen LogP) is 2.17. The maximum absolute atomic E-state index is 12.4. The molecule has 0 spiro atoms. The molecule has 1 N–H and O–H groups in total. The van der Waals surface area contributed by atoms with E-state index in [-0.39, 0.29) is 24.2 Å². The lowest BCUT2D eigenvalue weighted by Gasteiger charge is -2.24. The maximum Gasteiger partial charge on any atom is 0.323 e. The zero-order valence-corrected chi connectivity index (χ0v) is 11.4. The van der Waals surface area contributed by atoms with Crippen LogP contribution in [0.15, 0.2) is 36.4 Å². The third-order valence-electron chi connectivity index (χ3n) is 3.01. The zero-order chi connectivity index (χ0) is 14.7. The van der Waals surface area contributed by atoms with Crippen molar-refractivity contribution in [3.05, 3.63) is 42.1 Å². The molecule has 0 aliphatic carbocycles. The second-order valence-corrected chi connectivity index (χ2v) is 4.81. The average molecular weight is 272 g/mol. The highest BCUT2D eigenvalue weighted by atomic mass is 16.4. The molecule has 2 rings (SSSR count). The third-order valence-corrected chi connectivity index (χ3v) is 3.01. The summed E-state index contributed by atoms with van der Waals surface area (Å²) in [6, 6.07) is 10.7. The molecule has 0 radical (unpaired) electrons. The van der Waals surface area contributed by atoms with E-state index in [2.05, 4.69) is 4.98 Å². The van der Waals surface area contributed by atoms with Gasteiger partial charge in [0.1, 0.15) is 12.2 Å². The number of aliphatic carboxylic acids is 1. The smallest absolute Gasteiger partial charge is 0.323 e. The topological polar surface area (TPSA) is 70.5 Å². The Bertz CT molecular complexity index is 652. The molecule has 1 aromatic heterocycles. The van der Waals surface area contributed by atoms with Gasteiger partial charge in [-0.15, -0.1) is 0 Å². The highest BCUT2D eigenvalue weighted by Gasteiger charge is 2.22. The minimum absolute atomic E-state index is 0.202. The highest BCUT2D eigenvalue weighted by Crippen LogP contribution is 2.14. The Morgan fingerprint density at radius 2 is 1.90 bits per heavy atom. The van der Waals surface area contributed by atoms with Gasteiger partial charge in [0.25, 0.3) is 5.91 Å². The molecule has 1 heterocycles. The van der Waals surface area contributed by atoms with E-state index in [1.165, 1.54) is 4.90 Å². The summed E-state index contributed by atoms with van der Waals surface area (Å²) >= 11 is 0. The van der Waals surface area contributed by atoms with E-state index in [9.17, 15) is 9.59 Å². The Labute approximate surface area is 116 Å². The molecule has 0 bridgehead atoms. The van der Waals surface area contributed by atoms with Crippen molar-refractivity contribution in [3.63, 3.8) is 0 Å². The normalized spacial score (nSPS) is 10.8. The molecule has 104 valence electrons. The Morgan fingerprint density at radius 3 is 2.55 bits per heavy atom. The van der Waals surface area contributed by atoms with E-state index in [0.717, 1.165) is 10.9 Å². The molecule has 0 atom stereocenters. The fraction of sp³-hybridized carbons (Fsp3) is 0.267. The van der Waals surface area contributed by atoms with Crippen LogP contribution in [-0.2, 0) is 4.79 Å². The van der Waals surface area contributed by atoms with Crippen molar-refractivity contribution >= 4 is 22.8 Å². The molecule has 2 aromatic rings. The number of benzene rings is 1. The van der Waals surface area contributed by atoms with Crippen LogP contribution in [0.1, 0.15) is 24.3 Å². The summed E-state index contributed by atoms with van der Waals surface area (Å²) in [4.78, 5) is 28.8. The molecule has 0 saturated heterocycles. The van der Waals surface area contributed by atoms with Crippen molar-refractivity contribution in [1.82, 2.24) is 9.88 Å². The van der Waals surface area contributed by atoms with Crippen LogP contribution in [0.3, 0.4) is 0 Å². The molecular weight excluding hydrogens is 256 g/mol. The first-order valence-electron chi connectivity index (χ1n) is 6.37. The molecule has 0 unspecified atom stereocenters. The Balaban J connectivity index is 2.35. The molecule has 0 fully saturated rings. The van der Waals surface area contributed by atoms with Crippen LogP contribution < -0.4 is 0 Å². The number of nitrogens with zero attached hydrogens (tertiary/aromatic N) is 2. The van der Waals surface area contributed by atoms with Crippen molar-refractivity contribution in [2.45, 2.75) is 19.9 Å². The number of carbonyl (C=O) groups excluding carboxylic acids is 1. The average Bonchev–Trinajstić information content (AvgIpc) is 2.43. The van der Waals surface area contributed by atoms with Crippen molar-refractivity contribution in [1.29, 1.82) is 0 Å². The number of hydrogen-bond donors (Lipinski definition) is 1. The van der Waals surface area contributed by atoms with Crippen molar-refractivity contribution in [2.24, 2.45) is 0 Å². The molecule has 0 aliphatic heterocycles. The van der Waals surface area contributed by atoms with Crippen LogP contribution in [-0.4, -0.2) is 39.5 Å². The number of carbonyl (C=O) groups is 2. The number of rotatable bonds is 4. The van der Waals surface area contributed by atoms with E-state index < -0.39 is 5.97 Å². The fourth-order valence-corrected chi connectivity index (χ4v) is 1.97. The summed E-state index contributed by atoms with van der Waals surface area (Å²) < 4.78 is 0. The van der Waals surface area contributed by atoms with Crippen LogP contribution in [0, 0.1) is 0 Å². The van der Waals surface area contributed by atoms with Gasteiger partial charge in [0.2, 0.25) is 0 Å². The van der Waals surface area contributed by atoms with E-state index in [1.807, 2.05) is 30.3 Å². The SMILES string of the molecule is CC(C)N(CC(=O)O)C(=O)c1ccc2ccccc2n1. The highest BCUT2D eigenvalue weighted by molar-refractivity contribution is 5.96. The summed E-state index contributed by atoms with van der Waals surface area (Å²) in [6.07, 6.45) is 0. The van der Waals surface area contributed by atoms with Crippen molar-refractivity contribution < 1.29 is 14.7 Å². The summed E-state index contributed by atoms with van der Waals surface area (Å²) in [5.74, 6) is -1.40. The van der Waals surface area contributed by atoms with Gasteiger partial charge in [-0.25, -0.2) is 4.98 Å². The first-order valence-corrected chi connectivity index (χ1v) is 6.37. The van der Waals surface area contributed by atoms with Gasteiger partial charge in [0.05, 0.1) is 5.52 Å². The quantitative estimate of drug-likeness (QED) is 0.926. The molecule has 5 nitrogen and oxygen atoms in total.